The molecule has 1 saturated heterocycles. The van der Waals surface area contributed by atoms with Crippen LogP contribution >= 0.6 is 11.3 Å². The van der Waals surface area contributed by atoms with E-state index < -0.39 is 10.0 Å². The first-order chi connectivity index (χ1) is 18.2. The molecule has 8 nitrogen and oxygen atoms in total. The molecule has 206 valence electrons. The van der Waals surface area contributed by atoms with Crippen LogP contribution in [-0.2, 0) is 10.0 Å². The molecule has 1 fully saturated rings. The Labute approximate surface area is 230 Å². The van der Waals surface area contributed by atoms with E-state index in [1.807, 2.05) is 13.8 Å². The van der Waals surface area contributed by atoms with Gasteiger partial charge >= 0.3 is 0 Å². The molecule has 0 unspecified atom stereocenters. The van der Waals surface area contributed by atoms with Crippen LogP contribution in [0.3, 0.4) is 0 Å². The van der Waals surface area contributed by atoms with E-state index in [1.165, 1.54) is 32.3 Å². The van der Waals surface area contributed by atoms with Crippen molar-refractivity contribution in [2.24, 2.45) is 0 Å². The van der Waals surface area contributed by atoms with Gasteiger partial charge in [-0.1, -0.05) is 37.7 Å². The molecule has 2 heterocycles. The monoisotopic (exact) mass is 557 g/mol. The number of sulfonamides is 1. The number of thiazole rings is 1. The van der Waals surface area contributed by atoms with Gasteiger partial charge < -0.3 is 10.2 Å². The predicted octanol–water partition coefficient (Wildman–Crippen LogP) is 4.28. The summed E-state index contributed by atoms with van der Waals surface area (Å²) in [6.45, 7) is 14.0. The van der Waals surface area contributed by atoms with Crippen LogP contribution in [0.5, 0.6) is 0 Å². The Morgan fingerprint density at radius 2 is 1.79 bits per heavy atom. The highest BCUT2D eigenvalue weighted by Crippen LogP contribution is 2.32. The minimum Gasteiger partial charge on any atom is -0.351 e. The molecular weight excluding hydrogens is 518 g/mol. The summed E-state index contributed by atoms with van der Waals surface area (Å²) in [5.41, 5.74) is 4.06. The fourth-order valence-corrected chi connectivity index (χ4v) is 7.48. The van der Waals surface area contributed by atoms with E-state index in [4.69, 9.17) is 4.98 Å². The van der Waals surface area contributed by atoms with E-state index in [-0.39, 0.29) is 10.8 Å². The van der Waals surface area contributed by atoms with Crippen molar-refractivity contribution in [1.82, 2.24) is 19.5 Å². The number of carbonyl (C=O) groups excluding carboxylic acids is 1. The Balaban J connectivity index is 1.24. The third-order valence-electron chi connectivity index (χ3n) is 7.04. The number of rotatable bonds is 11. The van der Waals surface area contributed by atoms with Crippen molar-refractivity contribution in [3.8, 4) is 0 Å². The molecule has 10 heteroatoms. The number of fused-ring (bicyclic) bond motifs is 1. The van der Waals surface area contributed by atoms with Crippen LogP contribution in [0, 0.1) is 13.8 Å². The van der Waals surface area contributed by atoms with E-state index in [0.29, 0.717) is 25.2 Å². The molecule has 38 heavy (non-hydrogen) atoms. The number of hydrogen-bond acceptors (Lipinski definition) is 7. The number of aryl methyl sites for hydroxylation is 2. The van der Waals surface area contributed by atoms with Crippen molar-refractivity contribution >= 4 is 42.6 Å². The molecule has 0 bridgehead atoms. The van der Waals surface area contributed by atoms with Gasteiger partial charge in [0.25, 0.3) is 5.91 Å². The van der Waals surface area contributed by atoms with Gasteiger partial charge in [-0.15, -0.1) is 0 Å². The summed E-state index contributed by atoms with van der Waals surface area (Å²) < 4.78 is 28.5. The quantitative estimate of drug-likeness (QED) is 0.379. The van der Waals surface area contributed by atoms with Crippen LogP contribution in [0.15, 0.2) is 41.3 Å². The van der Waals surface area contributed by atoms with Gasteiger partial charge in [0.2, 0.25) is 10.0 Å². The molecule has 0 spiro atoms. The maximum Gasteiger partial charge on any atom is 0.251 e. The average molecular weight is 558 g/mol. The zero-order valence-corrected chi connectivity index (χ0v) is 24.5. The third kappa shape index (κ3) is 6.54. The molecule has 1 aliphatic rings. The van der Waals surface area contributed by atoms with Crippen LogP contribution < -0.4 is 10.2 Å². The molecule has 0 atom stereocenters. The topological polar surface area (TPSA) is 85.8 Å². The number of aromatic nitrogens is 1. The van der Waals surface area contributed by atoms with Crippen molar-refractivity contribution in [3.63, 3.8) is 0 Å². The fraction of sp³-hybridized carbons (Fsp3) is 0.500. The number of nitrogens with zero attached hydrogens (tertiary/aromatic N) is 4. The van der Waals surface area contributed by atoms with E-state index in [1.54, 1.807) is 23.5 Å². The fourth-order valence-electron chi connectivity index (χ4n) is 4.80. The Hall–Kier alpha value is -2.53. The minimum atomic E-state index is -3.55. The first-order valence-corrected chi connectivity index (χ1v) is 15.7. The summed E-state index contributed by atoms with van der Waals surface area (Å²) in [4.78, 5) is 22.5. The van der Waals surface area contributed by atoms with Crippen molar-refractivity contribution in [3.05, 3.63) is 53.1 Å². The maximum absolute atomic E-state index is 12.9. The number of benzene rings is 2. The molecule has 0 radical (unpaired) electrons. The van der Waals surface area contributed by atoms with E-state index in [2.05, 4.69) is 41.1 Å². The number of amides is 1. The molecule has 1 N–H and O–H groups in total. The van der Waals surface area contributed by atoms with E-state index in [9.17, 15) is 13.2 Å². The van der Waals surface area contributed by atoms with Crippen LogP contribution in [0.25, 0.3) is 10.2 Å². The van der Waals surface area contributed by atoms with Gasteiger partial charge in [-0.05, 0) is 61.7 Å². The van der Waals surface area contributed by atoms with Crippen molar-refractivity contribution in [2.45, 2.75) is 45.4 Å². The molecule has 1 aliphatic heterocycles. The van der Waals surface area contributed by atoms with Gasteiger partial charge in [-0.25, -0.2) is 13.4 Å². The molecule has 0 aliphatic carbocycles. The van der Waals surface area contributed by atoms with Crippen LogP contribution in [0.2, 0.25) is 0 Å². The third-order valence-corrected chi connectivity index (χ3v) is 10.1. The summed E-state index contributed by atoms with van der Waals surface area (Å²) in [6, 6.07) is 10.6. The second-order valence-corrected chi connectivity index (χ2v) is 12.8. The number of unbranched alkanes of at least 4 members (excludes halogenated alkanes) is 1. The molecule has 3 aromatic rings. The van der Waals surface area contributed by atoms with Gasteiger partial charge in [-0.2, -0.15) is 4.31 Å². The molecular formula is C28H39N5O3S2. The van der Waals surface area contributed by atoms with Gasteiger partial charge in [-0.3, -0.25) is 9.69 Å². The Morgan fingerprint density at radius 3 is 2.45 bits per heavy atom. The van der Waals surface area contributed by atoms with Gasteiger partial charge in [0.15, 0.2) is 5.13 Å². The number of nitrogens with one attached hydrogen (secondary N) is 1. The average Bonchev–Trinajstić information content (AvgIpc) is 3.34. The number of hydrogen-bond donors (Lipinski definition) is 1. The standard InChI is InChI=1S/C28H39N5O3S2/c1-5-7-13-33(6-2)38(35,36)24-10-8-23(9-11-24)27(34)29-12-14-31-15-17-32(18-16-31)28-30-26-22(4)19-21(3)20-25(26)37-28/h8-11,19-20H,5-7,12-18H2,1-4H3,(H,29,34). The molecule has 2 aromatic carbocycles. The normalized spacial score (nSPS) is 14.9. The number of anilines is 1. The highest BCUT2D eigenvalue weighted by molar-refractivity contribution is 7.89. The minimum absolute atomic E-state index is 0.189. The summed E-state index contributed by atoms with van der Waals surface area (Å²) in [6.07, 6.45) is 1.76. The van der Waals surface area contributed by atoms with E-state index in [0.717, 1.165) is 56.2 Å². The van der Waals surface area contributed by atoms with Crippen molar-refractivity contribution in [2.75, 3.05) is 57.3 Å². The molecule has 0 saturated carbocycles. The van der Waals surface area contributed by atoms with Crippen molar-refractivity contribution < 1.29 is 13.2 Å². The largest absolute Gasteiger partial charge is 0.351 e. The predicted molar refractivity (Wildman–Crippen MR) is 156 cm³/mol. The lowest BCUT2D eigenvalue weighted by atomic mass is 10.1. The number of piperazine rings is 1. The highest BCUT2D eigenvalue weighted by Gasteiger charge is 2.23. The Kier molecular flexibility index (Phi) is 9.40. The van der Waals surface area contributed by atoms with Crippen LogP contribution in [0.1, 0.15) is 48.2 Å². The van der Waals surface area contributed by atoms with Crippen molar-refractivity contribution in [1.29, 1.82) is 0 Å². The second kappa shape index (κ2) is 12.5. The van der Waals surface area contributed by atoms with Crippen LogP contribution in [0.4, 0.5) is 5.13 Å². The van der Waals surface area contributed by atoms with Crippen LogP contribution in [-0.4, -0.2) is 80.9 Å². The SMILES string of the molecule is CCCCN(CC)S(=O)(=O)c1ccc(C(=O)NCCN2CCN(c3nc4c(C)cc(C)cc4s3)CC2)cc1. The molecule has 4 rings (SSSR count). The Morgan fingerprint density at radius 1 is 1.08 bits per heavy atom. The lowest BCUT2D eigenvalue weighted by Gasteiger charge is -2.34. The summed E-state index contributed by atoms with van der Waals surface area (Å²) in [7, 11) is -3.55. The summed E-state index contributed by atoms with van der Waals surface area (Å²) >= 11 is 1.76. The highest BCUT2D eigenvalue weighted by atomic mass is 32.2. The first-order valence-electron chi connectivity index (χ1n) is 13.5. The second-order valence-electron chi connectivity index (χ2n) is 9.88. The maximum atomic E-state index is 12.9. The lowest BCUT2D eigenvalue weighted by molar-refractivity contribution is 0.0947. The lowest BCUT2D eigenvalue weighted by Crippen LogP contribution is -2.48. The van der Waals surface area contributed by atoms with Gasteiger partial charge in [0.05, 0.1) is 15.1 Å². The Bertz CT molecular complexity index is 1350. The smallest absolute Gasteiger partial charge is 0.251 e. The summed E-state index contributed by atoms with van der Waals surface area (Å²) in [5, 5.41) is 4.06. The zero-order chi connectivity index (χ0) is 27.3. The number of carbonyl (C=O) groups is 1. The van der Waals surface area contributed by atoms with Gasteiger partial charge in [0.1, 0.15) is 0 Å². The van der Waals surface area contributed by atoms with Gasteiger partial charge in [0, 0.05) is 57.9 Å². The zero-order valence-electron chi connectivity index (χ0n) is 22.9. The molecule has 1 amide bonds. The van der Waals surface area contributed by atoms with E-state index >= 15 is 0 Å². The first kappa shape index (κ1) is 28.5. The summed E-state index contributed by atoms with van der Waals surface area (Å²) in [5.74, 6) is -0.189. The molecule has 1 aromatic heterocycles.